The summed E-state index contributed by atoms with van der Waals surface area (Å²) < 4.78 is 5.39. The van der Waals surface area contributed by atoms with Gasteiger partial charge >= 0.3 is 5.97 Å². The molecule has 1 aromatic carbocycles. The Labute approximate surface area is 129 Å². The van der Waals surface area contributed by atoms with Crippen molar-refractivity contribution in [2.45, 2.75) is 46.5 Å². The average Bonchev–Trinajstić information content (AvgIpc) is 2.49. The smallest absolute Gasteiger partial charge is 0.338 e. The molecular weight excluding hydrogens is 262 g/mol. The van der Waals surface area contributed by atoms with Gasteiger partial charge in [-0.05, 0) is 45.0 Å². The van der Waals surface area contributed by atoms with Crippen LogP contribution < -0.4 is 0 Å². The lowest BCUT2D eigenvalue weighted by atomic mass is 10.1. The summed E-state index contributed by atoms with van der Waals surface area (Å²) in [5, 5.41) is 0. The zero-order valence-electron chi connectivity index (χ0n) is 13.7. The molecule has 0 N–H and O–H groups in total. The molecule has 0 aliphatic heterocycles. The molecule has 0 fully saturated rings. The van der Waals surface area contributed by atoms with E-state index in [9.17, 15) is 4.79 Å². The number of benzene rings is 1. The van der Waals surface area contributed by atoms with E-state index >= 15 is 0 Å². The lowest BCUT2D eigenvalue weighted by molar-refractivity contribution is 0.0460. The van der Waals surface area contributed by atoms with Crippen LogP contribution >= 0.6 is 0 Å². The van der Waals surface area contributed by atoms with Gasteiger partial charge in [-0.3, -0.25) is 4.90 Å². The molecule has 0 heterocycles. The van der Waals surface area contributed by atoms with E-state index < -0.39 is 0 Å². The van der Waals surface area contributed by atoms with E-state index in [1.165, 1.54) is 25.7 Å². The van der Waals surface area contributed by atoms with Crippen LogP contribution in [0.4, 0.5) is 0 Å². The van der Waals surface area contributed by atoms with Gasteiger partial charge in [-0.1, -0.05) is 44.4 Å². The molecule has 0 atom stereocenters. The number of nitrogens with zero attached hydrogens (tertiary/aromatic N) is 1. The quantitative estimate of drug-likeness (QED) is 0.609. The first kappa shape index (κ1) is 17.7. The third-order valence-electron chi connectivity index (χ3n) is 3.55. The van der Waals surface area contributed by atoms with Gasteiger partial charge in [0, 0.05) is 6.54 Å². The molecule has 0 saturated heterocycles. The highest BCUT2D eigenvalue weighted by Crippen LogP contribution is 2.06. The lowest BCUT2D eigenvalue weighted by Crippen LogP contribution is -2.30. The fraction of sp³-hybridized carbons (Fsp3) is 0.611. The molecule has 0 amide bonds. The summed E-state index contributed by atoms with van der Waals surface area (Å²) in [5.41, 5.74) is 1.72. The second-order valence-electron chi connectivity index (χ2n) is 5.55. The Balaban J connectivity index is 2.36. The third-order valence-corrected chi connectivity index (χ3v) is 3.55. The first-order chi connectivity index (χ1) is 10.2. The van der Waals surface area contributed by atoms with E-state index in [2.05, 4.69) is 18.7 Å². The molecular formula is C18H29NO2. The summed E-state index contributed by atoms with van der Waals surface area (Å²) in [6.45, 7) is 9.88. The molecule has 0 aliphatic carbocycles. The number of ether oxygens (including phenoxy) is 1. The zero-order valence-corrected chi connectivity index (χ0v) is 13.7. The first-order valence-electron chi connectivity index (χ1n) is 8.13. The van der Waals surface area contributed by atoms with Gasteiger partial charge in [0.25, 0.3) is 0 Å². The van der Waals surface area contributed by atoms with Gasteiger partial charge in [-0.15, -0.1) is 0 Å². The average molecular weight is 291 g/mol. The van der Waals surface area contributed by atoms with E-state index in [1.807, 2.05) is 25.1 Å². The summed E-state index contributed by atoms with van der Waals surface area (Å²) in [5.74, 6) is -0.218. The van der Waals surface area contributed by atoms with Crippen molar-refractivity contribution < 1.29 is 9.53 Å². The second-order valence-corrected chi connectivity index (χ2v) is 5.55. The zero-order chi connectivity index (χ0) is 15.5. The van der Waals surface area contributed by atoms with Gasteiger partial charge in [0.05, 0.1) is 5.56 Å². The standard InChI is InChI=1S/C18H29NO2/c1-4-6-11-19(12-7-5-2)13-14-21-18(20)17-10-8-9-16(3)15-17/h8-10,15H,4-7,11-14H2,1-3H3. The van der Waals surface area contributed by atoms with Crippen molar-refractivity contribution in [1.29, 1.82) is 0 Å². The molecule has 3 heteroatoms. The summed E-state index contributed by atoms with van der Waals surface area (Å²) >= 11 is 0. The Morgan fingerprint density at radius 1 is 1.10 bits per heavy atom. The highest BCUT2D eigenvalue weighted by Gasteiger charge is 2.09. The molecule has 0 radical (unpaired) electrons. The van der Waals surface area contributed by atoms with Gasteiger partial charge in [0.15, 0.2) is 0 Å². The molecule has 1 rings (SSSR count). The largest absolute Gasteiger partial charge is 0.461 e. The van der Waals surface area contributed by atoms with Crippen molar-refractivity contribution in [3.05, 3.63) is 35.4 Å². The van der Waals surface area contributed by atoms with Crippen LogP contribution in [-0.2, 0) is 4.74 Å². The molecule has 0 bridgehead atoms. The van der Waals surface area contributed by atoms with Crippen LogP contribution in [0.1, 0.15) is 55.5 Å². The first-order valence-corrected chi connectivity index (χ1v) is 8.13. The van der Waals surface area contributed by atoms with Gasteiger partial charge in [0.2, 0.25) is 0 Å². The van der Waals surface area contributed by atoms with Crippen LogP contribution in [0, 0.1) is 6.92 Å². The number of aryl methyl sites for hydroxylation is 1. The van der Waals surface area contributed by atoms with E-state index in [4.69, 9.17) is 4.74 Å². The molecule has 21 heavy (non-hydrogen) atoms. The Bertz CT molecular complexity index is 409. The van der Waals surface area contributed by atoms with Crippen LogP contribution in [-0.4, -0.2) is 37.1 Å². The minimum atomic E-state index is -0.218. The number of carbonyl (C=O) groups is 1. The highest BCUT2D eigenvalue weighted by molar-refractivity contribution is 5.89. The third kappa shape index (κ3) is 7.28. The van der Waals surface area contributed by atoms with Gasteiger partial charge in [0.1, 0.15) is 6.61 Å². The lowest BCUT2D eigenvalue weighted by Gasteiger charge is -2.21. The maximum atomic E-state index is 12.0. The summed E-state index contributed by atoms with van der Waals surface area (Å²) in [7, 11) is 0. The number of unbranched alkanes of at least 4 members (excludes halogenated alkanes) is 2. The Hall–Kier alpha value is -1.35. The summed E-state index contributed by atoms with van der Waals surface area (Å²) in [6.07, 6.45) is 4.81. The van der Waals surface area contributed by atoms with E-state index in [0.29, 0.717) is 12.2 Å². The molecule has 0 saturated carbocycles. The predicted octanol–water partition coefficient (Wildman–Crippen LogP) is 4.05. The second kappa shape index (κ2) is 10.4. The minimum Gasteiger partial charge on any atom is -0.461 e. The van der Waals surface area contributed by atoms with Crippen molar-refractivity contribution in [1.82, 2.24) is 4.90 Å². The fourth-order valence-corrected chi connectivity index (χ4v) is 2.22. The summed E-state index contributed by atoms with van der Waals surface area (Å²) in [4.78, 5) is 14.4. The Morgan fingerprint density at radius 3 is 2.33 bits per heavy atom. The van der Waals surface area contributed by atoms with Crippen LogP contribution in [0.15, 0.2) is 24.3 Å². The number of hydrogen-bond donors (Lipinski definition) is 0. The van der Waals surface area contributed by atoms with Gasteiger partial charge in [-0.25, -0.2) is 4.79 Å². The molecule has 0 unspecified atom stereocenters. The summed E-state index contributed by atoms with van der Waals surface area (Å²) in [6, 6.07) is 7.55. The highest BCUT2D eigenvalue weighted by atomic mass is 16.5. The molecule has 118 valence electrons. The van der Waals surface area contributed by atoms with E-state index in [0.717, 1.165) is 25.2 Å². The molecule has 1 aromatic rings. The number of rotatable bonds is 10. The number of hydrogen-bond acceptors (Lipinski definition) is 3. The van der Waals surface area contributed by atoms with Crippen molar-refractivity contribution >= 4 is 5.97 Å². The van der Waals surface area contributed by atoms with Crippen molar-refractivity contribution in [2.75, 3.05) is 26.2 Å². The molecule has 3 nitrogen and oxygen atoms in total. The van der Waals surface area contributed by atoms with E-state index in [1.54, 1.807) is 6.07 Å². The monoisotopic (exact) mass is 291 g/mol. The van der Waals surface area contributed by atoms with Crippen molar-refractivity contribution in [3.8, 4) is 0 Å². The predicted molar refractivity (Wildman–Crippen MR) is 87.7 cm³/mol. The number of esters is 1. The minimum absolute atomic E-state index is 0.218. The Morgan fingerprint density at radius 2 is 1.76 bits per heavy atom. The Kier molecular flexibility index (Phi) is 8.76. The molecule has 0 aromatic heterocycles. The SMILES string of the molecule is CCCCN(CCCC)CCOC(=O)c1cccc(C)c1. The van der Waals surface area contributed by atoms with Crippen molar-refractivity contribution in [3.63, 3.8) is 0 Å². The maximum Gasteiger partial charge on any atom is 0.338 e. The topological polar surface area (TPSA) is 29.5 Å². The molecule has 0 spiro atoms. The van der Waals surface area contributed by atoms with Crippen LogP contribution in [0.25, 0.3) is 0 Å². The number of carbonyl (C=O) groups excluding carboxylic acids is 1. The maximum absolute atomic E-state index is 12.0. The van der Waals surface area contributed by atoms with Crippen LogP contribution in [0.2, 0.25) is 0 Å². The molecule has 0 aliphatic rings. The van der Waals surface area contributed by atoms with Crippen LogP contribution in [0.3, 0.4) is 0 Å². The normalized spacial score (nSPS) is 10.9. The fourth-order valence-electron chi connectivity index (χ4n) is 2.22. The van der Waals surface area contributed by atoms with Gasteiger partial charge < -0.3 is 4.74 Å². The van der Waals surface area contributed by atoms with Crippen molar-refractivity contribution in [2.24, 2.45) is 0 Å². The van der Waals surface area contributed by atoms with E-state index in [-0.39, 0.29) is 5.97 Å². The van der Waals surface area contributed by atoms with Gasteiger partial charge in [-0.2, -0.15) is 0 Å². The van der Waals surface area contributed by atoms with Crippen LogP contribution in [0.5, 0.6) is 0 Å².